The van der Waals surface area contributed by atoms with Crippen molar-refractivity contribution in [1.82, 2.24) is 0 Å². The standard InChI is InChI=1S/6C4H10O.Mg.Ti/c6*1-2-3-4-5;;/h6*5H,2-4H2,1H3;;/q;;;;;;+2;. The van der Waals surface area contributed by atoms with Gasteiger partial charge in [-0.3, -0.25) is 0 Å². The molecular weight excluding hydrogens is 456 g/mol. The van der Waals surface area contributed by atoms with E-state index in [1.54, 1.807) is 0 Å². The third-order valence-corrected chi connectivity index (χ3v) is 3.07. The largest absolute Gasteiger partial charge is 2.00 e. The first-order valence-corrected chi connectivity index (χ1v) is 12.1. The van der Waals surface area contributed by atoms with Crippen molar-refractivity contribution in [2.75, 3.05) is 39.6 Å². The number of aliphatic hydroxyl groups is 6. The van der Waals surface area contributed by atoms with Gasteiger partial charge in [0.25, 0.3) is 0 Å². The second-order valence-corrected chi connectivity index (χ2v) is 6.46. The van der Waals surface area contributed by atoms with Crippen LogP contribution in [0.1, 0.15) is 119 Å². The van der Waals surface area contributed by atoms with Crippen LogP contribution in [0.3, 0.4) is 0 Å². The Morgan fingerprint density at radius 3 is 0.406 bits per heavy atom. The third kappa shape index (κ3) is 163. The number of rotatable bonds is 12. The third-order valence-electron chi connectivity index (χ3n) is 3.07. The van der Waals surface area contributed by atoms with Crippen LogP contribution in [0, 0.1) is 0 Å². The molecule has 0 aliphatic rings. The summed E-state index contributed by atoms with van der Waals surface area (Å²) >= 11 is 0. The van der Waals surface area contributed by atoms with E-state index >= 15 is 0 Å². The van der Waals surface area contributed by atoms with Crippen molar-refractivity contribution in [3.63, 3.8) is 0 Å². The number of hydrogen-bond donors (Lipinski definition) is 6. The molecular formula is C24H60MgO6Ti+2. The predicted octanol–water partition coefficient (Wildman–Crippen LogP) is 4.29. The first kappa shape index (κ1) is 54.2. The molecule has 0 radical (unpaired) electrons. The van der Waals surface area contributed by atoms with Crippen molar-refractivity contribution in [3.05, 3.63) is 0 Å². The van der Waals surface area contributed by atoms with Crippen LogP contribution in [0.2, 0.25) is 0 Å². The minimum Gasteiger partial charge on any atom is -0.396 e. The molecule has 0 saturated carbocycles. The van der Waals surface area contributed by atoms with Gasteiger partial charge in [0, 0.05) is 61.4 Å². The molecule has 0 aromatic carbocycles. The molecule has 0 spiro atoms. The maximum absolute atomic E-state index is 8.07. The molecule has 0 rings (SSSR count). The first-order chi connectivity index (χ1) is 14.5. The average molecular weight is 517 g/mol. The Kier molecular flexibility index (Phi) is 144. The van der Waals surface area contributed by atoms with Crippen molar-refractivity contribution in [2.45, 2.75) is 119 Å². The van der Waals surface area contributed by atoms with Gasteiger partial charge in [-0.1, -0.05) is 80.1 Å². The summed E-state index contributed by atoms with van der Waals surface area (Å²) < 4.78 is 0. The van der Waals surface area contributed by atoms with Gasteiger partial charge in [0.15, 0.2) is 0 Å². The second-order valence-electron chi connectivity index (χ2n) is 6.46. The van der Waals surface area contributed by atoms with Gasteiger partial charge in [-0.2, -0.15) is 0 Å². The maximum Gasteiger partial charge on any atom is 2.00 e. The van der Waals surface area contributed by atoms with Gasteiger partial charge in [0.1, 0.15) is 0 Å². The molecule has 0 heterocycles. The molecule has 32 heavy (non-hydrogen) atoms. The van der Waals surface area contributed by atoms with Crippen LogP contribution in [0.25, 0.3) is 0 Å². The molecule has 6 N–H and O–H groups in total. The zero-order valence-electron chi connectivity index (χ0n) is 22.6. The Labute approximate surface area is 232 Å². The minimum atomic E-state index is 0. The van der Waals surface area contributed by atoms with E-state index in [2.05, 4.69) is 41.5 Å². The van der Waals surface area contributed by atoms with E-state index in [1.165, 1.54) is 0 Å². The predicted molar refractivity (Wildman–Crippen MR) is 138 cm³/mol. The average Bonchev–Trinajstić information content (AvgIpc) is 2.74. The van der Waals surface area contributed by atoms with Crippen LogP contribution in [0.5, 0.6) is 0 Å². The Morgan fingerprint density at radius 2 is 0.406 bits per heavy atom. The quantitative estimate of drug-likeness (QED) is 0.215. The second kappa shape index (κ2) is 85.0. The first-order valence-electron chi connectivity index (χ1n) is 12.1. The summed E-state index contributed by atoms with van der Waals surface area (Å²) in [7, 11) is 0. The van der Waals surface area contributed by atoms with Crippen molar-refractivity contribution < 1.29 is 52.4 Å². The topological polar surface area (TPSA) is 121 Å². The van der Waals surface area contributed by atoms with Gasteiger partial charge in [-0.15, -0.1) is 0 Å². The minimum absolute atomic E-state index is 0. The summed E-state index contributed by atoms with van der Waals surface area (Å²) in [4.78, 5) is 0. The molecule has 0 aliphatic carbocycles. The van der Waals surface area contributed by atoms with Crippen molar-refractivity contribution in [1.29, 1.82) is 0 Å². The molecule has 196 valence electrons. The molecule has 8 heteroatoms. The zero-order chi connectivity index (χ0) is 24.7. The Bertz CT molecular complexity index is 126. The number of hydrogen-bond acceptors (Lipinski definition) is 6. The SMILES string of the molecule is CCCCO.CCCCO.CCCCO.CCCCO.CCCCO.CCCCO.[Mg+2].[Ti]. The molecule has 0 aromatic heterocycles. The Hall–Kier alpha value is 1.24. The van der Waals surface area contributed by atoms with E-state index in [1.807, 2.05) is 0 Å². The Balaban J connectivity index is -0.0000000356. The van der Waals surface area contributed by atoms with Gasteiger partial charge in [0.05, 0.1) is 0 Å². The summed E-state index contributed by atoms with van der Waals surface area (Å²) in [5.74, 6) is 0. The van der Waals surface area contributed by atoms with E-state index in [0.717, 1.165) is 77.0 Å². The monoisotopic (exact) mass is 516 g/mol. The van der Waals surface area contributed by atoms with Crippen LogP contribution in [-0.2, 0) is 21.7 Å². The molecule has 0 bridgehead atoms. The summed E-state index contributed by atoms with van der Waals surface area (Å²) in [5.41, 5.74) is 0. The molecule has 6 nitrogen and oxygen atoms in total. The van der Waals surface area contributed by atoms with Crippen molar-refractivity contribution >= 4 is 23.1 Å². The van der Waals surface area contributed by atoms with Crippen LogP contribution < -0.4 is 0 Å². The van der Waals surface area contributed by atoms with Crippen LogP contribution in [-0.4, -0.2) is 93.3 Å². The van der Waals surface area contributed by atoms with E-state index in [9.17, 15) is 0 Å². The Morgan fingerprint density at radius 1 is 0.312 bits per heavy atom. The van der Waals surface area contributed by atoms with Gasteiger partial charge >= 0.3 is 23.1 Å². The molecule has 0 saturated heterocycles. The fourth-order valence-corrected chi connectivity index (χ4v) is 0.949. The maximum atomic E-state index is 8.07. The van der Waals surface area contributed by atoms with E-state index in [4.69, 9.17) is 30.6 Å². The smallest absolute Gasteiger partial charge is 0.396 e. The summed E-state index contributed by atoms with van der Waals surface area (Å²) in [5, 5.41) is 48.4. The fraction of sp³-hybridized carbons (Fsp3) is 1.00. The summed E-state index contributed by atoms with van der Waals surface area (Å²) in [6, 6.07) is 0. The van der Waals surface area contributed by atoms with Gasteiger partial charge in [-0.25, -0.2) is 0 Å². The summed E-state index contributed by atoms with van der Waals surface area (Å²) in [6.45, 7) is 14.4. The normalized spacial score (nSPS) is 7.88. The van der Waals surface area contributed by atoms with Gasteiger partial charge in [0.2, 0.25) is 0 Å². The number of unbranched alkanes of at least 4 members (excludes halogenated alkanes) is 6. The van der Waals surface area contributed by atoms with Crippen molar-refractivity contribution in [3.8, 4) is 0 Å². The number of aliphatic hydroxyl groups excluding tert-OH is 6. The molecule has 0 atom stereocenters. The molecule has 0 unspecified atom stereocenters. The molecule has 0 aromatic rings. The molecule has 0 aliphatic heterocycles. The van der Waals surface area contributed by atoms with E-state index < -0.39 is 0 Å². The van der Waals surface area contributed by atoms with Crippen LogP contribution >= 0.6 is 0 Å². The molecule has 0 fully saturated rings. The van der Waals surface area contributed by atoms with Gasteiger partial charge in [-0.05, 0) is 38.5 Å². The van der Waals surface area contributed by atoms with Crippen LogP contribution in [0.4, 0.5) is 0 Å². The fourth-order valence-electron chi connectivity index (χ4n) is 0.949. The van der Waals surface area contributed by atoms with E-state index in [0.29, 0.717) is 39.6 Å². The summed E-state index contributed by atoms with van der Waals surface area (Å²) in [6.07, 6.45) is 12.2. The van der Waals surface area contributed by atoms with Crippen LogP contribution in [0.15, 0.2) is 0 Å². The van der Waals surface area contributed by atoms with E-state index in [-0.39, 0.29) is 44.8 Å². The molecule has 0 amide bonds. The zero-order valence-corrected chi connectivity index (χ0v) is 25.6. The van der Waals surface area contributed by atoms with Crippen molar-refractivity contribution in [2.24, 2.45) is 0 Å². The van der Waals surface area contributed by atoms with Gasteiger partial charge < -0.3 is 30.6 Å².